The van der Waals surface area contributed by atoms with Crippen molar-refractivity contribution in [1.82, 2.24) is 0 Å². The van der Waals surface area contributed by atoms with E-state index in [-0.39, 0.29) is 34.0 Å². The molecule has 70 valence electrons. The fourth-order valence-corrected chi connectivity index (χ4v) is 0.341. The minimum absolute atomic E-state index is 0. The average Bonchev–Trinajstić information content (AvgIpc) is 1.89. The molecule has 0 unspecified atom stereocenters. The number of hydrogen-bond donors (Lipinski definition) is 0. The van der Waals surface area contributed by atoms with E-state index in [1.807, 2.05) is 0 Å². The van der Waals surface area contributed by atoms with E-state index >= 15 is 0 Å². The van der Waals surface area contributed by atoms with Gasteiger partial charge in [0.1, 0.15) is 13.4 Å². The molecule has 0 aliphatic heterocycles. The maximum Gasteiger partial charge on any atom is 0.158 e. The van der Waals surface area contributed by atoms with E-state index in [0.717, 1.165) is 0 Å². The van der Waals surface area contributed by atoms with E-state index in [1.165, 1.54) is 7.11 Å². The van der Waals surface area contributed by atoms with Crippen LogP contribution in [0.15, 0.2) is 0 Å². The van der Waals surface area contributed by atoms with Gasteiger partial charge in [0, 0.05) is 13.5 Å². The quantitative estimate of drug-likeness (QED) is 0.459. The van der Waals surface area contributed by atoms with E-state index < -0.39 is 0 Å². The molecule has 0 radical (unpaired) electrons. The molecule has 0 aliphatic carbocycles. The lowest BCUT2D eigenvalue weighted by Gasteiger charge is -1.98. The summed E-state index contributed by atoms with van der Waals surface area (Å²) < 4.78 is 9.33. The summed E-state index contributed by atoms with van der Waals surface area (Å²) in [6, 6.07) is 0. The molecule has 0 bridgehead atoms. The lowest BCUT2D eigenvalue weighted by atomic mass is 10.3. The summed E-state index contributed by atoms with van der Waals surface area (Å²) in [5, 5.41) is 0. The van der Waals surface area contributed by atoms with Crippen molar-refractivity contribution in [3.63, 3.8) is 0 Å². The molecule has 0 amide bonds. The maximum atomic E-state index is 10.5. The molecule has 0 fully saturated rings. The van der Waals surface area contributed by atoms with Crippen LogP contribution in [0, 0.1) is 0 Å². The number of methoxy groups -OCH3 is 1. The van der Waals surface area contributed by atoms with Crippen LogP contribution in [0.1, 0.15) is 28.2 Å². The van der Waals surface area contributed by atoms with Crippen molar-refractivity contribution >= 4 is 5.78 Å². The molecule has 3 nitrogen and oxygen atoms in total. The minimum atomic E-state index is 0. The molecule has 11 heavy (non-hydrogen) atoms. The van der Waals surface area contributed by atoms with E-state index in [2.05, 4.69) is 4.74 Å². The maximum absolute atomic E-state index is 10.5. The highest BCUT2D eigenvalue weighted by molar-refractivity contribution is 5.79. The Morgan fingerprint density at radius 1 is 1.36 bits per heavy atom. The van der Waals surface area contributed by atoms with Crippen LogP contribution in [0.3, 0.4) is 0 Å². The molecule has 0 saturated heterocycles. The number of rotatable bonds is 5. The smallest absolute Gasteiger partial charge is 0.158 e. The van der Waals surface area contributed by atoms with Crippen LogP contribution in [-0.2, 0) is 14.3 Å². The zero-order chi connectivity index (χ0) is 7.11. The minimum Gasteiger partial charge on any atom is -0.359 e. The Labute approximate surface area is 69.7 Å². The Hall–Kier alpha value is -0.410. The predicted molar refractivity (Wildman–Crippen MR) is 46.6 cm³/mol. The molecule has 0 aromatic carbocycles. The van der Waals surface area contributed by atoms with Gasteiger partial charge in [0.25, 0.3) is 0 Å². The lowest BCUT2D eigenvalue weighted by Crippen LogP contribution is -2.08. The molecule has 3 heteroatoms. The molecule has 0 aromatic heterocycles. The van der Waals surface area contributed by atoms with Crippen molar-refractivity contribution in [3.05, 3.63) is 0 Å². The SMILES string of the molecule is C.C.CCC(=O)COCOC. The Kier molecular flexibility index (Phi) is 18.9. The number of carbonyl (C=O) groups is 1. The summed E-state index contributed by atoms with van der Waals surface area (Å²) in [5.41, 5.74) is 0. The number of ketones is 1. The van der Waals surface area contributed by atoms with Crippen LogP contribution in [-0.4, -0.2) is 26.3 Å². The highest BCUT2D eigenvalue weighted by Gasteiger charge is 1.95. The van der Waals surface area contributed by atoms with Crippen molar-refractivity contribution in [2.45, 2.75) is 28.2 Å². The summed E-state index contributed by atoms with van der Waals surface area (Å²) in [6.07, 6.45) is 0.531. The van der Waals surface area contributed by atoms with Gasteiger partial charge in [0.2, 0.25) is 0 Å². The van der Waals surface area contributed by atoms with Gasteiger partial charge < -0.3 is 9.47 Å². The first-order valence-corrected chi connectivity index (χ1v) is 2.89. The number of hydrogen-bond acceptors (Lipinski definition) is 3. The summed E-state index contributed by atoms with van der Waals surface area (Å²) in [4.78, 5) is 10.5. The Morgan fingerprint density at radius 2 is 1.91 bits per heavy atom. The molecule has 0 aromatic rings. The predicted octanol–water partition coefficient (Wildman–Crippen LogP) is 1.86. The molecular formula is C8H20O3. The normalized spacial score (nSPS) is 7.82. The van der Waals surface area contributed by atoms with Gasteiger partial charge in [0.05, 0.1) is 0 Å². The molecule has 0 rings (SSSR count). The second-order valence-electron chi connectivity index (χ2n) is 1.65. The zero-order valence-corrected chi connectivity index (χ0v) is 5.85. The van der Waals surface area contributed by atoms with Crippen molar-refractivity contribution in [2.75, 3.05) is 20.5 Å². The monoisotopic (exact) mass is 164 g/mol. The van der Waals surface area contributed by atoms with Gasteiger partial charge in [-0.15, -0.1) is 0 Å². The summed E-state index contributed by atoms with van der Waals surface area (Å²) in [7, 11) is 1.52. The largest absolute Gasteiger partial charge is 0.359 e. The fraction of sp³-hybridized carbons (Fsp3) is 0.875. The van der Waals surface area contributed by atoms with Crippen molar-refractivity contribution in [2.24, 2.45) is 0 Å². The standard InChI is InChI=1S/C6H12O3.2CH4/c1-3-6(7)4-9-5-8-2;;/h3-5H2,1-2H3;2*1H4. The van der Waals surface area contributed by atoms with Crippen LogP contribution < -0.4 is 0 Å². The lowest BCUT2D eigenvalue weighted by molar-refractivity contribution is -0.127. The molecule has 0 atom stereocenters. The van der Waals surface area contributed by atoms with Crippen molar-refractivity contribution in [3.8, 4) is 0 Å². The first kappa shape index (κ1) is 16.9. The number of carbonyl (C=O) groups excluding carboxylic acids is 1. The third-order valence-corrected chi connectivity index (χ3v) is 0.859. The number of ether oxygens (including phenoxy) is 2. The van der Waals surface area contributed by atoms with Crippen LogP contribution in [0.5, 0.6) is 0 Å². The summed E-state index contributed by atoms with van der Waals surface area (Å²) in [6.45, 7) is 2.18. The second kappa shape index (κ2) is 12.3. The van der Waals surface area contributed by atoms with Gasteiger partial charge in [-0.2, -0.15) is 0 Å². The molecule has 0 spiro atoms. The van der Waals surface area contributed by atoms with Crippen LogP contribution in [0.2, 0.25) is 0 Å². The van der Waals surface area contributed by atoms with Gasteiger partial charge >= 0.3 is 0 Å². The highest BCUT2D eigenvalue weighted by Crippen LogP contribution is 1.82. The van der Waals surface area contributed by atoms with E-state index in [4.69, 9.17) is 4.74 Å². The first-order valence-electron chi connectivity index (χ1n) is 2.89. The fourth-order valence-electron chi connectivity index (χ4n) is 0.341. The molecule has 0 N–H and O–H groups in total. The molecule has 0 saturated carbocycles. The summed E-state index contributed by atoms with van der Waals surface area (Å²) in [5.74, 6) is 0.104. The van der Waals surface area contributed by atoms with Gasteiger partial charge in [-0.3, -0.25) is 4.79 Å². The van der Waals surface area contributed by atoms with Crippen molar-refractivity contribution < 1.29 is 14.3 Å². The van der Waals surface area contributed by atoms with Crippen LogP contribution in [0.4, 0.5) is 0 Å². The Bertz CT molecular complexity index is 81.4. The van der Waals surface area contributed by atoms with Crippen molar-refractivity contribution in [1.29, 1.82) is 0 Å². The second-order valence-corrected chi connectivity index (χ2v) is 1.65. The third kappa shape index (κ3) is 12.7. The topological polar surface area (TPSA) is 35.5 Å². The first-order chi connectivity index (χ1) is 4.31. The van der Waals surface area contributed by atoms with Gasteiger partial charge in [-0.1, -0.05) is 21.8 Å². The van der Waals surface area contributed by atoms with E-state index in [1.54, 1.807) is 6.92 Å². The van der Waals surface area contributed by atoms with Gasteiger partial charge in [0.15, 0.2) is 5.78 Å². The van der Waals surface area contributed by atoms with E-state index in [0.29, 0.717) is 6.42 Å². The average molecular weight is 164 g/mol. The van der Waals surface area contributed by atoms with Crippen LogP contribution >= 0.6 is 0 Å². The number of Topliss-reactive ketones (excluding diaryl/α,β-unsaturated/α-hetero) is 1. The Balaban J connectivity index is -0.000000320. The summed E-state index contributed by atoms with van der Waals surface area (Å²) >= 11 is 0. The molecule has 0 heterocycles. The third-order valence-electron chi connectivity index (χ3n) is 0.859. The highest BCUT2D eigenvalue weighted by atomic mass is 16.7. The zero-order valence-electron chi connectivity index (χ0n) is 5.85. The van der Waals surface area contributed by atoms with Gasteiger partial charge in [-0.25, -0.2) is 0 Å². The van der Waals surface area contributed by atoms with Gasteiger partial charge in [-0.05, 0) is 0 Å². The van der Waals surface area contributed by atoms with E-state index in [9.17, 15) is 4.79 Å². The molecule has 0 aliphatic rings. The van der Waals surface area contributed by atoms with Crippen LogP contribution in [0.25, 0.3) is 0 Å². The Morgan fingerprint density at radius 3 is 2.27 bits per heavy atom. The molecular weight excluding hydrogens is 144 g/mol.